The number of esters is 1. The molecule has 0 aromatic carbocycles. The highest BCUT2D eigenvalue weighted by molar-refractivity contribution is 6.70. The minimum atomic E-state index is -1.94. The number of hydrogen-bond donors (Lipinski definition) is 0. The van der Waals surface area contributed by atoms with E-state index in [-0.39, 0.29) is 17.5 Å². The molecule has 12 atom stereocenters. The van der Waals surface area contributed by atoms with Crippen LogP contribution in [0.4, 0.5) is 0 Å². The quantitative estimate of drug-likeness (QED) is 0.130. The number of fused-ring (bicyclic) bond motifs is 5. The van der Waals surface area contributed by atoms with Gasteiger partial charge in [0.2, 0.25) is 0 Å². The molecule has 4 aliphatic rings. The van der Waals surface area contributed by atoms with Crippen LogP contribution in [0.5, 0.6) is 0 Å². The highest BCUT2D eigenvalue weighted by atomic mass is 28.4. The summed E-state index contributed by atoms with van der Waals surface area (Å²) in [5.74, 6) is 3.38. The van der Waals surface area contributed by atoms with E-state index in [1.807, 2.05) is 6.92 Å². The Kier molecular flexibility index (Phi) is 12.9. The SMILES string of the molecule is COC(=O)C(C)(CCCC(C)[C@H]1CC[C@H]2[C@@H]3[C@H](O[Si](C)(C)C)C[C@@H]4C[C@H](O[Si](C)(C)C)CC[C@]4(C)[C@H]3C[C@H](O[Si](C)(C)C)[C@]12C)O[Si](C)(C)C. The molecule has 2 unspecified atom stereocenters. The van der Waals surface area contributed by atoms with Crippen LogP contribution in [-0.4, -0.2) is 70.3 Å². The average molecular weight is 769 g/mol. The first-order chi connectivity index (χ1) is 22.6. The molecule has 0 heterocycles. The molecule has 4 saturated carbocycles. The predicted molar refractivity (Wildman–Crippen MR) is 219 cm³/mol. The Morgan fingerprint density at radius 3 is 1.92 bits per heavy atom. The third-order valence-corrected chi connectivity index (χ3v) is 17.5. The monoisotopic (exact) mass is 769 g/mol. The van der Waals surface area contributed by atoms with Gasteiger partial charge in [0, 0.05) is 12.2 Å². The lowest BCUT2D eigenvalue weighted by molar-refractivity contribution is -0.199. The first-order valence-corrected chi connectivity index (χ1v) is 34.1. The van der Waals surface area contributed by atoms with Crippen molar-refractivity contribution in [3.8, 4) is 0 Å². The van der Waals surface area contributed by atoms with Crippen molar-refractivity contribution >= 4 is 39.2 Å². The van der Waals surface area contributed by atoms with E-state index >= 15 is 0 Å². The van der Waals surface area contributed by atoms with Gasteiger partial charge in [0.05, 0.1) is 13.2 Å². The molecule has 6 nitrogen and oxygen atoms in total. The molecule has 0 bridgehead atoms. The maximum Gasteiger partial charge on any atom is 0.336 e. The van der Waals surface area contributed by atoms with Gasteiger partial charge in [-0.2, -0.15) is 0 Å². The Morgan fingerprint density at radius 1 is 0.780 bits per heavy atom. The number of carbonyl (C=O) groups excluding carboxylic acids is 1. The summed E-state index contributed by atoms with van der Waals surface area (Å²) in [4.78, 5) is 13.0. The topological polar surface area (TPSA) is 63.2 Å². The number of rotatable bonds is 14. The van der Waals surface area contributed by atoms with Crippen molar-refractivity contribution in [2.24, 2.45) is 46.3 Å². The van der Waals surface area contributed by atoms with E-state index in [9.17, 15) is 4.79 Å². The van der Waals surface area contributed by atoms with Crippen LogP contribution in [-0.2, 0) is 27.2 Å². The zero-order valence-electron chi connectivity index (χ0n) is 35.7. The number of carbonyl (C=O) groups is 1. The molecule has 0 aliphatic heterocycles. The Balaban J connectivity index is 1.65. The lowest BCUT2D eigenvalue weighted by Crippen LogP contribution is -2.64. The summed E-state index contributed by atoms with van der Waals surface area (Å²) in [5, 5.41) is 0. The highest BCUT2D eigenvalue weighted by Crippen LogP contribution is 2.69. The molecule has 0 aromatic heterocycles. The van der Waals surface area contributed by atoms with Gasteiger partial charge in [0.15, 0.2) is 38.9 Å². The van der Waals surface area contributed by atoms with Gasteiger partial charge in [-0.25, -0.2) is 4.79 Å². The largest absolute Gasteiger partial charge is 0.467 e. The molecule has 0 spiro atoms. The molecule has 50 heavy (non-hydrogen) atoms. The van der Waals surface area contributed by atoms with Crippen LogP contribution < -0.4 is 0 Å². The lowest BCUT2D eigenvalue weighted by atomic mass is 9.43. The van der Waals surface area contributed by atoms with Gasteiger partial charge in [-0.15, -0.1) is 0 Å². The van der Waals surface area contributed by atoms with E-state index in [1.54, 1.807) is 0 Å². The molecule has 0 saturated heterocycles. The smallest absolute Gasteiger partial charge is 0.336 e. The van der Waals surface area contributed by atoms with Gasteiger partial charge in [-0.1, -0.05) is 27.2 Å². The van der Waals surface area contributed by atoms with E-state index in [0.717, 1.165) is 12.8 Å². The Hall–Kier alpha value is 0.178. The molecular formula is C40H80O6Si4. The van der Waals surface area contributed by atoms with Crippen LogP contribution in [0.25, 0.3) is 0 Å². The molecule has 4 fully saturated rings. The Bertz CT molecular complexity index is 1170. The van der Waals surface area contributed by atoms with Crippen LogP contribution in [0.1, 0.15) is 91.9 Å². The fourth-order valence-electron chi connectivity index (χ4n) is 11.9. The zero-order valence-corrected chi connectivity index (χ0v) is 39.7. The van der Waals surface area contributed by atoms with Crippen molar-refractivity contribution in [3.05, 3.63) is 0 Å². The highest BCUT2D eigenvalue weighted by Gasteiger charge is 2.67. The predicted octanol–water partition coefficient (Wildman–Crippen LogP) is 11.1. The maximum atomic E-state index is 13.0. The van der Waals surface area contributed by atoms with Gasteiger partial charge in [-0.05, 0) is 190 Å². The number of methoxy groups -OCH3 is 1. The summed E-state index contributed by atoms with van der Waals surface area (Å²) in [6.45, 7) is 37.7. The fourth-order valence-corrected chi connectivity index (χ4v) is 17.0. The van der Waals surface area contributed by atoms with Crippen molar-refractivity contribution in [1.29, 1.82) is 0 Å². The number of ether oxygens (including phenoxy) is 1. The second-order valence-corrected chi connectivity index (χ2v) is 39.7. The fraction of sp³-hybridized carbons (Fsp3) is 0.975. The van der Waals surface area contributed by atoms with Crippen molar-refractivity contribution in [2.45, 2.75) is 194 Å². The first kappa shape index (κ1) is 42.9. The average Bonchev–Trinajstić information content (AvgIpc) is 3.28. The molecule has 0 amide bonds. The van der Waals surface area contributed by atoms with Gasteiger partial charge < -0.3 is 22.4 Å². The Labute approximate surface area is 313 Å². The summed E-state index contributed by atoms with van der Waals surface area (Å²) >= 11 is 0. The van der Waals surface area contributed by atoms with Crippen molar-refractivity contribution in [2.75, 3.05) is 7.11 Å². The standard InChI is InChI=1S/C40H80O6Si4/c1-28(19-18-23-39(3,37(41)42-5)46-50(15,16)17)31-20-21-32-36-33(27-35(40(31,32)4)45-49(12,13)14)38(2)24-22-30(43-47(6,7)8)25-29(38)26-34(36)44-48(9,10)11/h28-36H,18-27H2,1-17H3/t28?,29-,30+,31+,32-,33-,34+,35-,36-,38-,39?,40+/m0/s1. The minimum absolute atomic E-state index is 0.115. The summed E-state index contributed by atoms with van der Waals surface area (Å²) in [6.07, 6.45) is 12.4. The minimum Gasteiger partial charge on any atom is -0.467 e. The van der Waals surface area contributed by atoms with E-state index in [0.29, 0.717) is 59.6 Å². The second-order valence-electron chi connectivity index (χ2n) is 21.9. The molecule has 0 N–H and O–H groups in total. The third-order valence-electron chi connectivity index (χ3n) is 13.4. The van der Waals surface area contributed by atoms with E-state index in [2.05, 4.69) is 99.3 Å². The molecule has 292 valence electrons. The second kappa shape index (κ2) is 15.0. The third kappa shape index (κ3) is 9.69. The van der Waals surface area contributed by atoms with Gasteiger partial charge in [0.25, 0.3) is 0 Å². The molecule has 0 aromatic rings. The van der Waals surface area contributed by atoms with Crippen LogP contribution in [0.15, 0.2) is 0 Å². The summed E-state index contributed by atoms with van der Waals surface area (Å²) in [7, 11) is -5.67. The van der Waals surface area contributed by atoms with Crippen LogP contribution in [0.3, 0.4) is 0 Å². The van der Waals surface area contributed by atoms with Crippen molar-refractivity contribution < 1.29 is 27.2 Å². The van der Waals surface area contributed by atoms with Crippen molar-refractivity contribution in [3.63, 3.8) is 0 Å². The molecule has 4 aliphatic carbocycles. The zero-order chi connectivity index (χ0) is 37.9. The van der Waals surface area contributed by atoms with Crippen LogP contribution in [0.2, 0.25) is 78.6 Å². The summed E-state index contributed by atoms with van der Waals surface area (Å²) in [5.41, 5.74) is -0.453. The number of hydrogen-bond acceptors (Lipinski definition) is 6. The van der Waals surface area contributed by atoms with Crippen molar-refractivity contribution in [1.82, 2.24) is 0 Å². The van der Waals surface area contributed by atoms with Crippen LogP contribution in [0, 0.1) is 46.3 Å². The molecule has 10 heteroatoms. The van der Waals surface area contributed by atoms with Gasteiger partial charge >= 0.3 is 5.97 Å². The van der Waals surface area contributed by atoms with E-state index in [4.69, 9.17) is 22.4 Å². The van der Waals surface area contributed by atoms with E-state index in [1.165, 1.54) is 52.1 Å². The molecule has 4 rings (SSSR count). The maximum absolute atomic E-state index is 13.0. The Morgan fingerprint density at radius 2 is 1.38 bits per heavy atom. The van der Waals surface area contributed by atoms with E-state index < -0.39 is 38.9 Å². The van der Waals surface area contributed by atoms with Gasteiger partial charge in [-0.3, -0.25) is 0 Å². The van der Waals surface area contributed by atoms with Crippen LogP contribution >= 0.6 is 0 Å². The molecule has 0 radical (unpaired) electrons. The normalized spacial score (nSPS) is 38.4. The summed E-state index contributed by atoms with van der Waals surface area (Å²) < 4.78 is 33.4. The van der Waals surface area contributed by atoms with Gasteiger partial charge in [0.1, 0.15) is 0 Å². The first-order valence-electron chi connectivity index (χ1n) is 20.4. The summed E-state index contributed by atoms with van der Waals surface area (Å²) in [6, 6.07) is 0. The molecular weight excluding hydrogens is 689 g/mol. The lowest BCUT2D eigenvalue weighted by Gasteiger charge is -2.66.